The molecule has 0 spiro atoms. The quantitative estimate of drug-likeness (QED) is 0.664. The molecule has 136 valence electrons. The lowest BCUT2D eigenvalue weighted by Crippen LogP contribution is -2.31. The zero-order valence-electron chi connectivity index (χ0n) is 15.0. The minimum Gasteiger partial charge on any atom is -0.319 e. The summed E-state index contributed by atoms with van der Waals surface area (Å²) >= 11 is 0. The van der Waals surface area contributed by atoms with Crippen molar-refractivity contribution in [1.29, 1.82) is 5.26 Å². The van der Waals surface area contributed by atoms with Gasteiger partial charge < -0.3 is 10.2 Å². The van der Waals surface area contributed by atoms with Crippen molar-refractivity contribution in [2.45, 2.75) is 13.8 Å². The predicted octanol–water partition coefficient (Wildman–Crippen LogP) is 3.74. The highest BCUT2D eigenvalue weighted by atomic mass is 19.1. The van der Waals surface area contributed by atoms with E-state index in [0.717, 1.165) is 0 Å². The van der Waals surface area contributed by atoms with Crippen molar-refractivity contribution in [1.82, 2.24) is 0 Å². The number of nitrogens with zero attached hydrogens (tertiary/aromatic N) is 2. The number of nitrogens with one attached hydrogen (secondary N) is 1. The molecule has 0 saturated carbocycles. The van der Waals surface area contributed by atoms with Gasteiger partial charge in [-0.15, -0.1) is 0 Å². The number of anilines is 2. The standard InChI is InChI=1S/C21H18FN3O2/c1-13(2)12-25-18-10-6-3-7-14(18)19(21(25)27)15(11-23)20(26)24-17-9-5-4-8-16(17)22/h3-10,13H,12H2,1-2H3,(H,24,26). The normalized spacial score (nSPS) is 14.8. The van der Waals surface area contributed by atoms with E-state index in [-0.39, 0.29) is 22.8 Å². The first-order valence-electron chi connectivity index (χ1n) is 8.55. The van der Waals surface area contributed by atoms with Crippen LogP contribution in [0.15, 0.2) is 54.1 Å². The number of hydrogen-bond donors (Lipinski definition) is 1. The molecule has 0 radical (unpaired) electrons. The zero-order chi connectivity index (χ0) is 19.6. The number of fused-ring (bicyclic) bond motifs is 1. The smallest absolute Gasteiger partial charge is 0.267 e. The second-order valence-corrected chi connectivity index (χ2v) is 6.62. The second-order valence-electron chi connectivity index (χ2n) is 6.62. The Balaban J connectivity index is 2.06. The van der Waals surface area contributed by atoms with Crippen LogP contribution in [0.4, 0.5) is 15.8 Å². The molecule has 0 aromatic heterocycles. The number of carbonyl (C=O) groups excluding carboxylic acids is 2. The van der Waals surface area contributed by atoms with Gasteiger partial charge in [0, 0.05) is 12.1 Å². The highest BCUT2D eigenvalue weighted by molar-refractivity contribution is 6.37. The third-order valence-corrected chi connectivity index (χ3v) is 4.18. The maximum Gasteiger partial charge on any atom is 0.267 e. The zero-order valence-corrected chi connectivity index (χ0v) is 15.0. The lowest BCUT2D eigenvalue weighted by Gasteiger charge is -2.19. The summed E-state index contributed by atoms with van der Waals surface area (Å²) in [5.41, 5.74) is 0.860. The molecule has 0 bridgehead atoms. The van der Waals surface area contributed by atoms with E-state index >= 15 is 0 Å². The molecule has 2 aromatic carbocycles. The first kappa shape index (κ1) is 18.3. The van der Waals surface area contributed by atoms with Crippen molar-refractivity contribution in [3.63, 3.8) is 0 Å². The number of amides is 2. The Labute approximate surface area is 156 Å². The van der Waals surface area contributed by atoms with Gasteiger partial charge in [-0.3, -0.25) is 9.59 Å². The molecule has 2 aromatic rings. The first-order valence-corrected chi connectivity index (χ1v) is 8.55. The van der Waals surface area contributed by atoms with Crippen LogP contribution in [-0.4, -0.2) is 18.4 Å². The molecule has 27 heavy (non-hydrogen) atoms. The van der Waals surface area contributed by atoms with Crippen LogP contribution >= 0.6 is 0 Å². The Kier molecular flexibility index (Phi) is 5.04. The minimum atomic E-state index is -0.813. The monoisotopic (exact) mass is 363 g/mol. The third-order valence-electron chi connectivity index (χ3n) is 4.18. The molecule has 1 aliphatic heterocycles. The van der Waals surface area contributed by atoms with E-state index in [0.29, 0.717) is 17.8 Å². The Bertz CT molecular complexity index is 989. The number of rotatable bonds is 4. The Morgan fingerprint density at radius 3 is 2.52 bits per heavy atom. The van der Waals surface area contributed by atoms with Gasteiger partial charge in [-0.05, 0) is 24.1 Å². The van der Waals surface area contributed by atoms with Crippen LogP contribution in [0, 0.1) is 23.1 Å². The fourth-order valence-corrected chi connectivity index (χ4v) is 3.04. The number of para-hydroxylation sites is 2. The van der Waals surface area contributed by atoms with Crippen LogP contribution in [-0.2, 0) is 9.59 Å². The highest BCUT2D eigenvalue weighted by Crippen LogP contribution is 2.38. The lowest BCUT2D eigenvalue weighted by molar-refractivity contribution is -0.114. The summed E-state index contributed by atoms with van der Waals surface area (Å²) in [6.07, 6.45) is 0. The van der Waals surface area contributed by atoms with Crippen molar-refractivity contribution in [2.24, 2.45) is 5.92 Å². The fourth-order valence-electron chi connectivity index (χ4n) is 3.04. The topological polar surface area (TPSA) is 73.2 Å². The van der Waals surface area contributed by atoms with E-state index in [1.54, 1.807) is 35.2 Å². The van der Waals surface area contributed by atoms with E-state index in [2.05, 4.69) is 5.32 Å². The van der Waals surface area contributed by atoms with Crippen LogP contribution in [0.2, 0.25) is 0 Å². The fraction of sp³-hybridized carbons (Fsp3) is 0.190. The molecule has 1 heterocycles. The van der Waals surface area contributed by atoms with E-state index < -0.39 is 17.6 Å². The van der Waals surface area contributed by atoms with Gasteiger partial charge in [0.05, 0.1) is 16.9 Å². The number of benzene rings is 2. The molecule has 2 amide bonds. The lowest BCUT2D eigenvalue weighted by atomic mass is 10.0. The predicted molar refractivity (Wildman–Crippen MR) is 101 cm³/mol. The summed E-state index contributed by atoms with van der Waals surface area (Å²) in [7, 11) is 0. The first-order chi connectivity index (χ1) is 12.9. The average molecular weight is 363 g/mol. The molecule has 6 heteroatoms. The van der Waals surface area contributed by atoms with Crippen molar-refractivity contribution < 1.29 is 14.0 Å². The highest BCUT2D eigenvalue weighted by Gasteiger charge is 2.36. The second kappa shape index (κ2) is 7.42. The summed E-state index contributed by atoms with van der Waals surface area (Å²) in [6.45, 7) is 4.42. The van der Waals surface area contributed by atoms with Crippen LogP contribution in [0.25, 0.3) is 5.57 Å². The molecule has 1 aliphatic rings. The summed E-state index contributed by atoms with van der Waals surface area (Å²) < 4.78 is 13.8. The largest absolute Gasteiger partial charge is 0.319 e. The number of hydrogen-bond acceptors (Lipinski definition) is 3. The number of halogens is 1. The summed E-state index contributed by atoms with van der Waals surface area (Å²) in [5.74, 6) is -1.62. The molecule has 0 atom stereocenters. The van der Waals surface area contributed by atoms with Crippen LogP contribution in [0.5, 0.6) is 0 Å². The van der Waals surface area contributed by atoms with E-state index in [1.165, 1.54) is 18.2 Å². The van der Waals surface area contributed by atoms with Gasteiger partial charge >= 0.3 is 0 Å². The molecular formula is C21H18FN3O2. The van der Waals surface area contributed by atoms with E-state index in [4.69, 9.17) is 0 Å². The molecule has 0 fully saturated rings. The Morgan fingerprint density at radius 2 is 1.85 bits per heavy atom. The molecule has 5 nitrogen and oxygen atoms in total. The summed E-state index contributed by atoms with van der Waals surface area (Å²) in [4.78, 5) is 27.2. The molecule has 0 saturated heterocycles. The van der Waals surface area contributed by atoms with E-state index in [1.807, 2.05) is 19.9 Å². The van der Waals surface area contributed by atoms with E-state index in [9.17, 15) is 19.2 Å². The number of nitriles is 1. The van der Waals surface area contributed by atoms with Crippen molar-refractivity contribution >= 4 is 28.8 Å². The van der Waals surface area contributed by atoms with Gasteiger partial charge in [-0.2, -0.15) is 5.26 Å². The maximum atomic E-state index is 13.8. The maximum absolute atomic E-state index is 13.8. The Morgan fingerprint density at radius 1 is 1.19 bits per heavy atom. The van der Waals surface area contributed by atoms with Crippen molar-refractivity contribution in [3.8, 4) is 6.07 Å². The van der Waals surface area contributed by atoms with Gasteiger partial charge in [0.15, 0.2) is 0 Å². The number of carbonyl (C=O) groups is 2. The van der Waals surface area contributed by atoms with Crippen LogP contribution < -0.4 is 10.2 Å². The van der Waals surface area contributed by atoms with Gasteiger partial charge in [-0.25, -0.2) is 4.39 Å². The van der Waals surface area contributed by atoms with Crippen molar-refractivity contribution in [2.75, 3.05) is 16.8 Å². The molecule has 1 N–H and O–H groups in total. The summed E-state index contributed by atoms with van der Waals surface area (Å²) in [5, 5.41) is 12.0. The SMILES string of the molecule is CC(C)CN1C(=O)C(=C(C#N)C(=O)Nc2ccccc2F)c2ccccc21. The van der Waals surface area contributed by atoms with Gasteiger partial charge in [0.2, 0.25) is 0 Å². The Hall–Kier alpha value is -3.46. The summed E-state index contributed by atoms with van der Waals surface area (Å²) in [6, 6.07) is 14.5. The van der Waals surface area contributed by atoms with Crippen molar-refractivity contribution in [3.05, 3.63) is 65.5 Å². The van der Waals surface area contributed by atoms with Crippen LogP contribution in [0.1, 0.15) is 19.4 Å². The molecular weight excluding hydrogens is 345 g/mol. The van der Waals surface area contributed by atoms with Crippen LogP contribution in [0.3, 0.4) is 0 Å². The molecule has 3 rings (SSSR count). The average Bonchev–Trinajstić information content (AvgIpc) is 2.90. The van der Waals surface area contributed by atoms with Gasteiger partial charge in [0.1, 0.15) is 17.5 Å². The van der Waals surface area contributed by atoms with Gasteiger partial charge in [-0.1, -0.05) is 44.2 Å². The third kappa shape index (κ3) is 3.44. The molecule has 0 aliphatic carbocycles. The van der Waals surface area contributed by atoms with Gasteiger partial charge in [0.25, 0.3) is 11.8 Å². The molecule has 0 unspecified atom stereocenters. The minimum absolute atomic E-state index is 0.0441.